The number of carbonyl (C=O) groups is 3. The van der Waals surface area contributed by atoms with Gasteiger partial charge in [-0.25, -0.2) is 4.98 Å². The average Bonchev–Trinajstić information content (AvgIpc) is 2.86. The Hall–Kier alpha value is -1.80. The van der Waals surface area contributed by atoms with Gasteiger partial charge in [0.1, 0.15) is 18.3 Å². The fourth-order valence-electron chi connectivity index (χ4n) is 2.08. The summed E-state index contributed by atoms with van der Waals surface area (Å²) < 4.78 is 0. The van der Waals surface area contributed by atoms with Crippen molar-refractivity contribution >= 4 is 29.1 Å². The minimum atomic E-state index is -0.625. The molecule has 0 spiro atoms. The fourth-order valence-corrected chi connectivity index (χ4v) is 2.87. The molecule has 0 aromatic carbocycles. The number of piperazine rings is 1. The van der Waals surface area contributed by atoms with Gasteiger partial charge in [-0.3, -0.25) is 19.7 Å². The first kappa shape index (κ1) is 14.6. The van der Waals surface area contributed by atoms with Crippen LogP contribution in [-0.2, 0) is 16.0 Å². The Labute approximate surface area is 120 Å². The van der Waals surface area contributed by atoms with Crippen molar-refractivity contribution in [2.45, 2.75) is 25.8 Å². The summed E-state index contributed by atoms with van der Waals surface area (Å²) >= 11 is 1.35. The van der Waals surface area contributed by atoms with Gasteiger partial charge in [0.25, 0.3) is 5.91 Å². The van der Waals surface area contributed by atoms with Crippen molar-refractivity contribution in [3.8, 4) is 0 Å². The maximum Gasteiger partial charge on any atom is 0.274 e. The van der Waals surface area contributed by atoms with Crippen LogP contribution in [0.25, 0.3) is 0 Å². The lowest BCUT2D eigenvalue weighted by molar-refractivity contribution is -0.138. The number of hydrogen-bond acceptors (Lipinski definition) is 6. The summed E-state index contributed by atoms with van der Waals surface area (Å²) in [6, 6.07) is -0.625. The summed E-state index contributed by atoms with van der Waals surface area (Å²) in [5.74, 6) is -1.29. The van der Waals surface area contributed by atoms with Crippen molar-refractivity contribution < 1.29 is 14.4 Å². The number of aromatic nitrogens is 1. The minimum Gasteiger partial charge on any atom is -0.330 e. The molecule has 1 unspecified atom stereocenters. The third-order valence-electron chi connectivity index (χ3n) is 3.03. The molecule has 1 saturated heterocycles. The van der Waals surface area contributed by atoms with Crippen LogP contribution in [0.15, 0.2) is 5.38 Å². The van der Waals surface area contributed by atoms with Gasteiger partial charge < -0.3 is 10.6 Å². The minimum absolute atomic E-state index is 0.118. The van der Waals surface area contributed by atoms with Crippen molar-refractivity contribution in [2.24, 2.45) is 5.73 Å². The van der Waals surface area contributed by atoms with Gasteiger partial charge in [-0.05, 0) is 13.0 Å². The van der Waals surface area contributed by atoms with Gasteiger partial charge in [-0.1, -0.05) is 6.92 Å². The predicted molar refractivity (Wildman–Crippen MR) is 73.1 cm³/mol. The number of nitrogens with zero attached hydrogens (tertiary/aromatic N) is 2. The van der Waals surface area contributed by atoms with Crippen LogP contribution in [-0.4, -0.2) is 46.7 Å². The molecule has 0 radical (unpaired) electrons. The van der Waals surface area contributed by atoms with E-state index in [0.717, 1.165) is 5.01 Å². The highest BCUT2D eigenvalue weighted by Crippen LogP contribution is 2.16. The Morgan fingerprint density at radius 3 is 3.00 bits per heavy atom. The highest BCUT2D eigenvalue weighted by Gasteiger charge is 2.36. The zero-order valence-corrected chi connectivity index (χ0v) is 11.9. The zero-order valence-electron chi connectivity index (χ0n) is 11.1. The number of rotatable bonds is 4. The van der Waals surface area contributed by atoms with E-state index in [-0.39, 0.29) is 18.1 Å². The molecule has 1 aromatic heterocycles. The lowest BCUT2D eigenvalue weighted by Gasteiger charge is -2.32. The molecular weight excluding hydrogens is 280 g/mol. The standard InChI is InChI=1S/C12H16N4O3S/c1-2-8-11(18)15-9(17)5-16(8)12(19)7-6-20-10(14-7)3-4-13/h6,8H,2-5,13H2,1H3,(H,15,17,18). The molecule has 8 heteroatoms. The largest absolute Gasteiger partial charge is 0.330 e. The quantitative estimate of drug-likeness (QED) is 0.730. The van der Waals surface area contributed by atoms with E-state index in [0.29, 0.717) is 19.4 Å². The second-order valence-electron chi connectivity index (χ2n) is 4.43. The van der Waals surface area contributed by atoms with Crippen molar-refractivity contribution in [3.05, 3.63) is 16.1 Å². The maximum absolute atomic E-state index is 12.4. The highest BCUT2D eigenvalue weighted by molar-refractivity contribution is 7.09. The molecule has 2 rings (SSSR count). The molecular formula is C12H16N4O3S. The van der Waals surface area contributed by atoms with E-state index in [1.165, 1.54) is 16.2 Å². The molecule has 1 atom stereocenters. The lowest BCUT2D eigenvalue weighted by atomic mass is 10.1. The first-order valence-electron chi connectivity index (χ1n) is 6.36. The first-order valence-corrected chi connectivity index (χ1v) is 7.24. The van der Waals surface area contributed by atoms with Gasteiger partial charge in [0.2, 0.25) is 11.8 Å². The van der Waals surface area contributed by atoms with Gasteiger partial charge >= 0.3 is 0 Å². The van der Waals surface area contributed by atoms with E-state index in [9.17, 15) is 14.4 Å². The summed E-state index contributed by atoms with van der Waals surface area (Å²) in [4.78, 5) is 41.0. The zero-order chi connectivity index (χ0) is 14.7. The molecule has 2 heterocycles. The molecule has 1 aliphatic rings. The third-order valence-corrected chi connectivity index (χ3v) is 3.94. The second kappa shape index (κ2) is 6.10. The fraction of sp³-hybridized carbons (Fsp3) is 0.500. The highest BCUT2D eigenvalue weighted by atomic mass is 32.1. The van der Waals surface area contributed by atoms with E-state index in [2.05, 4.69) is 10.3 Å². The van der Waals surface area contributed by atoms with E-state index in [1.807, 2.05) is 0 Å². The first-order chi connectivity index (χ1) is 9.56. The Morgan fingerprint density at radius 1 is 1.60 bits per heavy atom. The predicted octanol–water partition coefficient (Wildman–Crippen LogP) is -0.478. The summed E-state index contributed by atoms with van der Waals surface area (Å²) in [5.41, 5.74) is 5.71. The SMILES string of the molecule is CCC1C(=O)NC(=O)CN1C(=O)c1csc(CCN)n1. The average molecular weight is 296 g/mol. The van der Waals surface area contributed by atoms with Gasteiger partial charge in [-0.2, -0.15) is 0 Å². The van der Waals surface area contributed by atoms with E-state index in [4.69, 9.17) is 5.73 Å². The molecule has 1 aromatic rings. The van der Waals surface area contributed by atoms with Crippen molar-refractivity contribution in [2.75, 3.05) is 13.1 Å². The number of nitrogens with two attached hydrogens (primary N) is 1. The Kier molecular flexibility index (Phi) is 4.46. The van der Waals surface area contributed by atoms with Gasteiger partial charge in [0.05, 0.1) is 5.01 Å². The Morgan fingerprint density at radius 2 is 2.35 bits per heavy atom. The molecule has 0 saturated carbocycles. The third kappa shape index (κ3) is 2.86. The van der Waals surface area contributed by atoms with Crippen molar-refractivity contribution in [3.63, 3.8) is 0 Å². The maximum atomic E-state index is 12.4. The summed E-state index contributed by atoms with van der Waals surface area (Å²) in [7, 11) is 0. The summed E-state index contributed by atoms with van der Waals surface area (Å²) in [5, 5.41) is 4.65. The smallest absolute Gasteiger partial charge is 0.274 e. The number of carbonyl (C=O) groups excluding carboxylic acids is 3. The van der Waals surface area contributed by atoms with Crippen LogP contribution in [0.3, 0.4) is 0 Å². The molecule has 108 valence electrons. The van der Waals surface area contributed by atoms with Crippen LogP contribution in [0, 0.1) is 0 Å². The Bertz CT molecular complexity index is 543. The van der Waals surface area contributed by atoms with Gasteiger partial charge in [0, 0.05) is 11.8 Å². The second-order valence-corrected chi connectivity index (χ2v) is 5.38. The molecule has 3 amide bonds. The molecule has 20 heavy (non-hydrogen) atoms. The Balaban J connectivity index is 2.20. The molecule has 0 bridgehead atoms. The van der Waals surface area contributed by atoms with Crippen LogP contribution < -0.4 is 11.1 Å². The van der Waals surface area contributed by atoms with E-state index < -0.39 is 17.9 Å². The van der Waals surface area contributed by atoms with Crippen molar-refractivity contribution in [1.82, 2.24) is 15.2 Å². The molecule has 1 fully saturated rings. The van der Waals surface area contributed by atoms with E-state index in [1.54, 1.807) is 12.3 Å². The van der Waals surface area contributed by atoms with Crippen LogP contribution in [0.4, 0.5) is 0 Å². The monoisotopic (exact) mass is 296 g/mol. The van der Waals surface area contributed by atoms with Crippen LogP contribution in [0.5, 0.6) is 0 Å². The summed E-state index contributed by atoms with van der Waals surface area (Å²) in [6.07, 6.45) is 1.05. The van der Waals surface area contributed by atoms with Crippen molar-refractivity contribution in [1.29, 1.82) is 0 Å². The lowest BCUT2D eigenvalue weighted by Crippen LogP contribution is -2.59. The molecule has 7 nitrogen and oxygen atoms in total. The molecule has 3 N–H and O–H groups in total. The number of nitrogens with one attached hydrogen (secondary N) is 1. The number of hydrogen-bond donors (Lipinski definition) is 2. The summed E-state index contributed by atoms with van der Waals surface area (Å²) in [6.45, 7) is 2.14. The number of amides is 3. The molecule has 0 aliphatic carbocycles. The number of thiazole rings is 1. The van der Waals surface area contributed by atoms with Crippen LogP contribution in [0.2, 0.25) is 0 Å². The van der Waals surface area contributed by atoms with Crippen LogP contribution in [0.1, 0.15) is 28.8 Å². The van der Waals surface area contributed by atoms with E-state index >= 15 is 0 Å². The van der Waals surface area contributed by atoms with Gasteiger partial charge in [-0.15, -0.1) is 11.3 Å². The van der Waals surface area contributed by atoms with Gasteiger partial charge in [0.15, 0.2) is 0 Å². The normalized spacial score (nSPS) is 19.1. The van der Waals surface area contributed by atoms with Crippen LogP contribution >= 0.6 is 11.3 Å². The number of imide groups is 1. The molecule has 1 aliphatic heterocycles. The topological polar surface area (TPSA) is 105 Å².